The number of ether oxygens (including phenoxy) is 1. The molecule has 0 aliphatic heterocycles. The zero-order valence-electron chi connectivity index (χ0n) is 13.8. The molecule has 0 radical (unpaired) electrons. The van der Waals surface area contributed by atoms with Gasteiger partial charge in [0.05, 0.1) is 24.0 Å². The number of phenolic OH excluding ortho intramolecular Hbond substituents is 1. The minimum atomic E-state index is -1.09. The molecule has 0 atom stereocenters. The molecule has 25 heavy (non-hydrogen) atoms. The summed E-state index contributed by atoms with van der Waals surface area (Å²) in [5, 5.41) is 22.2. The lowest BCUT2D eigenvalue weighted by atomic mass is 10.1. The van der Waals surface area contributed by atoms with E-state index in [9.17, 15) is 15.0 Å². The highest BCUT2D eigenvalue weighted by Crippen LogP contribution is 2.32. The molecule has 3 N–H and O–H groups in total. The third kappa shape index (κ3) is 3.16. The van der Waals surface area contributed by atoms with E-state index in [-0.39, 0.29) is 11.3 Å². The number of aryl methyl sites for hydroxylation is 1. The summed E-state index contributed by atoms with van der Waals surface area (Å²) in [4.78, 5) is 20.7. The van der Waals surface area contributed by atoms with Gasteiger partial charge < -0.3 is 20.3 Å². The fourth-order valence-corrected chi connectivity index (χ4v) is 2.58. The molecule has 0 bridgehead atoms. The Morgan fingerprint density at radius 3 is 2.48 bits per heavy atom. The Kier molecular flexibility index (Phi) is 4.38. The highest BCUT2D eigenvalue weighted by Gasteiger charge is 2.21. The van der Waals surface area contributed by atoms with E-state index in [1.54, 1.807) is 24.3 Å². The van der Waals surface area contributed by atoms with Gasteiger partial charge in [-0.2, -0.15) is 0 Å². The molecule has 0 spiro atoms. The maximum Gasteiger partial charge on any atom is 0.339 e. The van der Waals surface area contributed by atoms with Crippen LogP contribution in [0.5, 0.6) is 11.6 Å². The number of fused-ring (bicyclic) bond motifs is 1. The van der Waals surface area contributed by atoms with Crippen molar-refractivity contribution in [2.75, 3.05) is 12.4 Å². The molecule has 0 saturated carbocycles. The van der Waals surface area contributed by atoms with E-state index in [1.165, 1.54) is 19.2 Å². The van der Waals surface area contributed by atoms with E-state index >= 15 is 0 Å². The number of hydrogen-bond acceptors (Lipinski definition) is 6. The van der Waals surface area contributed by atoms with Gasteiger partial charge in [-0.15, -0.1) is 0 Å². The van der Waals surface area contributed by atoms with Crippen LogP contribution in [0.2, 0.25) is 0 Å². The Bertz CT molecular complexity index is 939. The number of hydrogen-bond donors (Lipinski definition) is 3. The molecule has 0 amide bonds. The van der Waals surface area contributed by atoms with Crippen molar-refractivity contribution in [3.05, 3.63) is 47.7 Å². The van der Waals surface area contributed by atoms with Crippen molar-refractivity contribution in [2.45, 2.75) is 13.3 Å². The van der Waals surface area contributed by atoms with Crippen molar-refractivity contribution < 1.29 is 19.7 Å². The lowest BCUT2D eigenvalue weighted by Gasteiger charge is -2.15. The quantitative estimate of drug-likeness (QED) is 0.612. The first-order chi connectivity index (χ1) is 12.0. The van der Waals surface area contributed by atoms with E-state index in [0.29, 0.717) is 40.4 Å². The monoisotopic (exact) mass is 339 g/mol. The summed E-state index contributed by atoms with van der Waals surface area (Å²) in [6.45, 7) is 1.85. The van der Waals surface area contributed by atoms with Crippen LogP contribution in [0.15, 0.2) is 36.4 Å². The van der Waals surface area contributed by atoms with Gasteiger partial charge in [-0.25, -0.2) is 9.78 Å². The van der Waals surface area contributed by atoms with Crippen molar-refractivity contribution in [2.24, 2.45) is 0 Å². The second-order valence-corrected chi connectivity index (χ2v) is 5.36. The number of aromatic carboxylic acids is 1. The Balaban J connectivity index is 2.28. The van der Waals surface area contributed by atoms with Crippen LogP contribution in [0.4, 0.5) is 11.4 Å². The number of carboxylic acid groups (broad SMARTS) is 1. The van der Waals surface area contributed by atoms with Gasteiger partial charge in [-0.1, -0.05) is 6.92 Å². The van der Waals surface area contributed by atoms with Gasteiger partial charge >= 0.3 is 5.97 Å². The van der Waals surface area contributed by atoms with Crippen molar-refractivity contribution in [3.8, 4) is 11.6 Å². The summed E-state index contributed by atoms with van der Waals surface area (Å²) in [6, 6.07) is 9.76. The number of phenols is 1. The van der Waals surface area contributed by atoms with Crippen molar-refractivity contribution in [1.29, 1.82) is 0 Å². The molecule has 0 fully saturated rings. The predicted molar refractivity (Wildman–Crippen MR) is 93.8 cm³/mol. The van der Waals surface area contributed by atoms with Crippen LogP contribution in [0.1, 0.15) is 23.0 Å². The van der Waals surface area contributed by atoms with Crippen LogP contribution >= 0.6 is 0 Å². The highest BCUT2D eigenvalue weighted by atomic mass is 16.5. The minimum absolute atomic E-state index is 0.0730. The molecule has 0 aliphatic rings. The Morgan fingerprint density at radius 1 is 1.16 bits per heavy atom. The van der Waals surface area contributed by atoms with Gasteiger partial charge in [-0.3, -0.25) is 4.98 Å². The van der Waals surface area contributed by atoms with Gasteiger partial charge in [-0.05, 0) is 36.8 Å². The van der Waals surface area contributed by atoms with Gasteiger partial charge in [0.2, 0.25) is 5.88 Å². The standard InChI is InChI=1S/C18H17N3O4/c1-3-12-15(18(23)24)17(19-10-4-6-11(22)7-5-10)16-13(20-12)8-9-14(21-16)25-2/h4-9,22H,3H2,1-2H3,(H,19,20)(H,23,24). The van der Waals surface area contributed by atoms with E-state index in [1.807, 2.05) is 6.92 Å². The first-order valence-electron chi connectivity index (χ1n) is 7.70. The molecule has 128 valence electrons. The number of aromatic hydroxyl groups is 1. The maximum atomic E-state index is 11.9. The minimum Gasteiger partial charge on any atom is -0.508 e. The normalized spacial score (nSPS) is 10.6. The fourth-order valence-electron chi connectivity index (χ4n) is 2.58. The van der Waals surface area contributed by atoms with Crippen molar-refractivity contribution in [3.63, 3.8) is 0 Å². The van der Waals surface area contributed by atoms with Gasteiger partial charge in [0.15, 0.2) is 0 Å². The Labute approximate surface area is 143 Å². The number of aromatic nitrogens is 2. The van der Waals surface area contributed by atoms with Gasteiger partial charge in [0, 0.05) is 11.8 Å². The molecular formula is C18H17N3O4. The molecule has 7 nitrogen and oxygen atoms in total. The number of carboxylic acids is 1. The number of anilines is 2. The van der Waals surface area contributed by atoms with Gasteiger partial charge in [0.1, 0.15) is 16.8 Å². The first-order valence-corrected chi connectivity index (χ1v) is 7.70. The second kappa shape index (κ2) is 6.64. The lowest BCUT2D eigenvalue weighted by Crippen LogP contribution is -2.10. The summed E-state index contributed by atoms with van der Waals surface area (Å²) < 4.78 is 5.15. The zero-order chi connectivity index (χ0) is 18.0. The topological polar surface area (TPSA) is 105 Å². The number of carbonyl (C=O) groups is 1. The van der Waals surface area contributed by atoms with Crippen LogP contribution < -0.4 is 10.1 Å². The summed E-state index contributed by atoms with van der Waals surface area (Å²) >= 11 is 0. The van der Waals surface area contributed by atoms with E-state index in [2.05, 4.69) is 15.3 Å². The van der Waals surface area contributed by atoms with E-state index in [4.69, 9.17) is 4.74 Å². The number of nitrogens with zero attached hydrogens (tertiary/aromatic N) is 2. The number of benzene rings is 1. The van der Waals surface area contributed by atoms with Crippen LogP contribution in [-0.4, -0.2) is 33.3 Å². The van der Waals surface area contributed by atoms with Crippen LogP contribution in [-0.2, 0) is 6.42 Å². The smallest absolute Gasteiger partial charge is 0.339 e. The van der Waals surface area contributed by atoms with Crippen LogP contribution in [0.3, 0.4) is 0 Å². The second-order valence-electron chi connectivity index (χ2n) is 5.36. The summed E-state index contributed by atoms with van der Waals surface area (Å²) in [5.74, 6) is -0.599. The molecule has 7 heteroatoms. The fraction of sp³-hybridized carbons (Fsp3) is 0.167. The first kappa shape index (κ1) is 16.5. The molecule has 0 saturated heterocycles. The molecule has 1 aromatic carbocycles. The molecule has 2 aromatic heterocycles. The maximum absolute atomic E-state index is 11.9. The summed E-state index contributed by atoms with van der Waals surface area (Å²) in [5.41, 5.74) is 2.49. The summed E-state index contributed by atoms with van der Waals surface area (Å²) in [6.07, 6.45) is 0.466. The molecule has 0 aliphatic carbocycles. The molecule has 3 aromatic rings. The largest absolute Gasteiger partial charge is 0.508 e. The number of pyridine rings is 2. The van der Waals surface area contributed by atoms with Crippen molar-refractivity contribution in [1.82, 2.24) is 9.97 Å². The molecule has 0 unspecified atom stereocenters. The highest BCUT2D eigenvalue weighted by molar-refractivity contribution is 6.05. The Hall–Kier alpha value is -3.35. The lowest BCUT2D eigenvalue weighted by molar-refractivity contribution is 0.0696. The molecule has 2 heterocycles. The summed E-state index contributed by atoms with van der Waals surface area (Å²) in [7, 11) is 1.49. The van der Waals surface area contributed by atoms with Crippen LogP contribution in [0.25, 0.3) is 11.0 Å². The number of methoxy groups -OCH3 is 1. The zero-order valence-corrected chi connectivity index (χ0v) is 13.8. The van der Waals surface area contributed by atoms with E-state index in [0.717, 1.165) is 0 Å². The van der Waals surface area contributed by atoms with Gasteiger partial charge in [0.25, 0.3) is 0 Å². The average Bonchev–Trinajstić information content (AvgIpc) is 2.62. The van der Waals surface area contributed by atoms with Crippen molar-refractivity contribution >= 4 is 28.4 Å². The predicted octanol–water partition coefficient (Wildman–Crippen LogP) is 3.35. The van der Waals surface area contributed by atoms with E-state index < -0.39 is 5.97 Å². The average molecular weight is 339 g/mol. The molecular weight excluding hydrogens is 322 g/mol. The van der Waals surface area contributed by atoms with Crippen LogP contribution in [0, 0.1) is 0 Å². The molecule has 3 rings (SSSR count). The number of rotatable bonds is 5. The SMILES string of the molecule is CCc1nc2ccc(OC)nc2c(Nc2ccc(O)cc2)c1C(=O)O. The third-order valence-corrected chi connectivity index (χ3v) is 3.77. The Morgan fingerprint density at radius 2 is 1.88 bits per heavy atom. The number of nitrogens with one attached hydrogen (secondary N) is 1. The third-order valence-electron chi connectivity index (χ3n) is 3.77.